The van der Waals surface area contributed by atoms with Gasteiger partial charge in [0.15, 0.2) is 0 Å². The van der Waals surface area contributed by atoms with Gasteiger partial charge in [-0.25, -0.2) is 13.1 Å². The van der Waals surface area contributed by atoms with E-state index in [1.54, 1.807) is 0 Å². The minimum Gasteiger partial charge on any atom is -0.381 e. The molecule has 5 nitrogen and oxygen atoms in total. The number of ether oxygens (including phenoxy) is 1. The quantitative estimate of drug-likeness (QED) is 0.655. The second kappa shape index (κ2) is 5.79. The number of hydrogen-bond donors (Lipinski definition) is 2. The predicted molar refractivity (Wildman–Crippen MR) is 59.2 cm³/mol. The molecule has 2 unspecified atom stereocenters. The molecule has 0 amide bonds. The molecule has 2 N–H and O–H groups in total. The Morgan fingerprint density at radius 3 is 2.80 bits per heavy atom. The SMILES string of the molecule is CNC(C)CNS(=O)(=O)CC1CCOC1. The third-order valence-electron chi connectivity index (χ3n) is 2.58. The van der Waals surface area contributed by atoms with Gasteiger partial charge in [-0.1, -0.05) is 0 Å². The van der Waals surface area contributed by atoms with E-state index >= 15 is 0 Å². The van der Waals surface area contributed by atoms with E-state index in [4.69, 9.17) is 4.74 Å². The molecule has 0 spiro atoms. The summed E-state index contributed by atoms with van der Waals surface area (Å²) in [4.78, 5) is 0. The van der Waals surface area contributed by atoms with Gasteiger partial charge in [0.1, 0.15) is 0 Å². The summed E-state index contributed by atoms with van der Waals surface area (Å²) in [5.41, 5.74) is 0. The third kappa shape index (κ3) is 4.92. The summed E-state index contributed by atoms with van der Waals surface area (Å²) in [6, 6.07) is 0.152. The molecule has 6 heteroatoms. The van der Waals surface area contributed by atoms with Gasteiger partial charge < -0.3 is 10.1 Å². The first-order chi connectivity index (χ1) is 7.03. The number of nitrogens with one attached hydrogen (secondary N) is 2. The topological polar surface area (TPSA) is 67.4 Å². The van der Waals surface area contributed by atoms with Crippen molar-refractivity contribution in [2.75, 3.05) is 32.6 Å². The van der Waals surface area contributed by atoms with Crippen LogP contribution in [0.25, 0.3) is 0 Å². The fraction of sp³-hybridized carbons (Fsp3) is 1.00. The second-order valence-corrected chi connectivity index (χ2v) is 5.90. The van der Waals surface area contributed by atoms with E-state index in [0.29, 0.717) is 19.8 Å². The smallest absolute Gasteiger partial charge is 0.212 e. The highest BCUT2D eigenvalue weighted by molar-refractivity contribution is 7.89. The van der Waals surface area contributed by atoms with Crippen LogP contribution in [0.1, 0.15) is 13.3 Å². The molecule has 1 heterocycles. The van der Waals surface area contributed by atoms with Crippen LogP contribution in [0, 0.1) is 5.92 Å². The molecule has 2 atom stereocenters. The summed E-state index contributed by atoms with van der Waals surface area (Å²) in [6.45, 7) is 3.63. The molecule has 90 valence electrons. The van der Waals surface area contributed by atoms with Crippen molar-refractivity contribution in [3.63, 3.8) is 0 Å². The minimum absolute atomic E-state index is 0.152. The first-order valence-electron chi connectivity index (χ1n) is 5.26. The molecule has 0 saturated carbocycles. The third-order valence-corrected chi connectivity index (χ3v) is 4.10. The first kappa shape index (κ1) is 12.9. The van der Waals surface area contributed by atoms with E-state index in [-0.39, 0.29) is 17.7 Å². The van der Waals surface area contributed by atoms with E-state index in [0.717, 1.165) is 6.42 Å². The molecule has 1 saturated heterocycles. The average Bonchev–Trinajstić information content (AvgIpc) is 2.66. The molecule has 1 rings (SSSR count). The van der Waals surface area contributed by atoms with Crippen LogP contribution in [-0.2, 0) is 14.8 Å². The van der Waals surface area contributed by atoms with Gasteiger partial charge in [-0.3, -0.25) is 0 Å². The molecule has 0 aromatic rings. The number of hydrogen-bond acceptors (Lipinski definition) is 4. The van der Waals surface area contributed by atoms with Crippen molar-refractivity contribution >= 4 is 10.0 Å². The highest BCUT2D eigenvalue weighted by Crippen LogP contribution is 2.13. The molecule has 0 radical (unpaired) electrons. The maximum atomic E-state index is 11.6. The monoisotopic (exact) mass is 236 g/mol. The highest BCUT2D eigenvalue weighted by atomic mass is 32.2. The van der Waals surface area contributed by atoms with Gasteiger partial charge in [0.25, 0.3) is 0 Å². The molecule has 0 aromatic carbocycles. The van der Waals surface area contributed by atoms with E-state index < -0.39 is 10.0 Å². The lowest BCUT2D eigenvalue weighted by atomic mass is 10.2. The lowest BCUT2D eigenvalue weighted by Gasteiger charge is -2.13. The van der Waals surface area contributed by atoms with Gasteiger partial charge in [-0.05, 0) is 26.3 Å². The van der Waals surface area contributed by atoms with Crippen molar-refractivity contribution in [3.8, 4) is 0 Å². The van der Waals surface area contributed by atoms with Crippen LogP contribution in [0.4, 0.5) is 0 Å². The second-order valence-electron chi connectivity index (χ2n) is 4.05. The van der Waals surface area contributed by atoms with Crippen LogP contribution in [-0.4, -0.2) is 47.0 Å². The van der Waals surface area contributed by atoms with Crippen molar-refractivity contribution in [2.24, 2.45) is 5.92 Å². The zero-order chi connectivity index (χ0) is 11.3. The lowest BCUT2D eigenvalue weighted by Crippen LogP contribution is -2.39. The maximum Gasteiger partial charge on any atom is 0.212 e. The minimum atomic E-state index is -3.14. The molecular weight excluding hydrogens is 216 g/mol. The molecule has 1 aliphatic rings. The summed E-state index contributed by atoms with van der Waals surface area (Å²) in [7, 11) is -1.33. The van der Waals surface area contributed by atoms with E-state index in [1.165, 1.54) is 0 Å². The van der Waals surface area contributed by atoms with Gasteiger partial charge in [-0.2, -0.15) is 0 Å². The fourth-order valence-electron chi connectivity index (χ4n) is 1.44. The Morgan fingerprint density at radius 1 is 1.53 bits per heavy atom. The summed E-state index contributed by atoms with van der Waals surface area (Å²) in [5.74, 6) is 0.344. The average molecular weight is 236 g/mol. The summed E-state index contributed by atoms with van der Waals surface area (Å²) in [6.07, 6.45) is 0.850. The van der Waals surface area contributed by atoms with Crippen LogP contribution in [0.15, 0.2) is 0 Å². The fourth-order valence-corrected chi connectivity index (χ4v) is 2.94. The summed E-state index contributed by atoms with van der Waals surface area (Å²) >= 11 is 0. The van der Waals surface area contributed by atoms with Gasteiger partial charge in [0.05, 0.1) is 12.4 Å². The molecule has 0 bridgehead atoms. The van der Waals surface area contributed by atoms with Crippen molar-refractivity contribution < 1.29 is 13.2 Å². The Labute approximate surface area is 91.6 Å². The highest BCUT2D eigenvalue weighted by Gasteiger charge is 2.23. The van der Waals surface area contributed by atoms with Gasteiger partial charge in [0.2, 0.25) is 10.0 Å². The normalized spacial score (nSPS) is 24.3. The number of rotatable bonds is 6. The Balaban J connectivity index is 2.31. The Kier molecular flexibility index (Phi) is 4.98. The van der Waals surface area contributed by atoms with E-state index in [1.807, 2.05) is 14.0 Å². The van der Waals surface area contributed by atoms with Gasteiger partial charge in [0, 0.05) is 19.2 Å². The van der Waals surface area contributed by atoms with Crippen molar-refractivity contribution in [3.05, 3.63) is 0 Å². The van der Waals surface area contributed by atoms with Crippen molar-refractivity contribution in [2.45, 2.75) is 19.4 Å². The Bertz CT molecular complexity index is 273. The van der Waals surface area contributed by atoms with Crippen LogP contribution in [0.3, 0.4) is 0 Å². The van der Waals surface area contributed by atoms with Crippen LogP contribution in [0.2, 0.25) is 0 Å². The Hall–Kier alpha value is -0.170. The van der Waals surface area contributed by atoms with Crippen molar-refractivity contribution in [1.82, 2.24) is 10.0 Å². The molecular formula is C9H20N2O3S. The number of sulfonamides is 1. The van der Waals surface area contributed by atoms with Crippen LogP contribution >= 0.6 is 0 Å². The molecule has 0 aliphatic carbocycles. The van der Waals surface area contributed by atoms with Crippen molar-refractivity contribution in [1.29, 1.82) is 0 Å². The molecule has 0 aromatic heterocycles. The predicted octanol–water partition coefficient (Wildman–Crippen LogP) is -0.450. The summed E-state index contributed by atoms with van der Waals surface area (Å²) in [5, 5.41) is 2.98. The standard InChI is InChI=1S/C9H20N2O3S/c1-8(10-2)5-11-15(12,13)7-9-3-4-14-6-9/h8-11H,3-7H2,1-2H3. The largest absolute Gasteiger partial charge is 0.381 e. The van der Waals surface area contributed by atoms with Crippen LogP contribution in [0.5, 0.6) is 0 Å². The van der Waals surface area contributed by atoms with Gasteiger partial charge >= 0.3 is 0 Å². The summed E-state index contributed by atoms with van der Waals surface area (Å²) < 4.78 is 31.0. The molecule has 15 heavy (non-hydrogen) atoms. The lowest BCUT2D eigenvalue weighted by molar-refractivity contribution is 0.188. The molecule has 1 fully saturated rings. The first-order valence-corrected chi connectivity index (χ1v) is 6.91. The van der Waals surface area contributed by atoms with E-state index in [2.05, 4.69) is 10.0 Å². The zero-order valence-electron chi connectivity index (χ0n) is 9.32. The van der Waals surface area contributed by atoms with E-state index in [9.17, 15) is 8.42 Å². The molecule has 1 aliphatic heterocycles. The Morgan fingerprint density at radius 2 is 2.27 bits per heavy atom. The van der Waals surface area contributed by atoms with Gasteiger partial charge in [-0.15, -0.1) is 0 Å². The maximum absolute atomic E-state index is 11.6. The van der Waals surface area contributed by atoms with Crippen LogP contribution < -0.4 is 10.0 Å². The number of likely N-dealkylation sites (N-methyl/N-ethyl adjacent to an activating group) is 1. The zero-order valence-corrected chi connectivity index (χ0v) is 10.1.